The van der Waals surface area contributed by atoms with Gasteiger partial charge in [0.2, 0.25) is 5.91 Å². The van der Waals surface area contributed by atoms with Crippen molar-refractivity contribution < 1.29 is 6.22 Å². The smallest absolute Gasteiger partial charge is 0.223 e. The molecule has 3 heteroatoms. The molecule has 0 aromatic heterocycles. The first-order valence-corrected chi connectivity index (χ1v) is 5.62. The Kier molecular flexibility index (Phi) is 4.39. The van der Waals surface area contributed by atoms with Gasteiger partial charge in [-0.2, -0.15) is 0 Å². The minimum Gasteiger partial charge on any atom is -0.353 e. The zero-order valence-electron chi connectivity index (χ0n) is 9.55. The third-order valence-corrected chi connectivity index (χ3v) is 3.12. The third-order valence-electron chi connectivity index (χ3n) is 3.12. The van der Waals surface area contributed by atoms with Crippen LogP contribution in [0.5, 0.6) is 0 Å². The van der Waals surface area contributed by atoms with Gasteiger partial charge in [0.05, 0.1) is 0 Å². The standard InChI is InChI=1S/C11H22N2O.H2/c1-4-9(2)11(14)12-10-5-7-13(3)8-6-10;/h9-10H,4-8H2,1-3H3,(H,12,14);1H. The van der Waals surface area contributed by atoms with Gasteiger partial charge in [-0.25, -0.2) is 0 Å². The van der Waals surface area contributed by atoms with Crippen molar-refractivity contribution in [3.8, 4) is 0 Å². The summed E-state index contributed by atoms with van der Waals surface area (Å²) in [6.45, 7) is 6.25. The van der Waals surface area contributed by atoms with Gasteiger partial charge in [0.15, 0.2) is 0 Å². The van der Waals surface area contributed by atoms with Crippen LogP contribution in [0.4, 0.5) is 0 Å². The van der Waals surface area contributed by atoms with Crippen LogP contribution in [0, 0.1) is 5.92 Å². The Labute approximate surface area is 88.3 Å². The summed E-state index contributed by atoms with van der Waals surface area (Å²) >= 11 is 0. The van der Waals surface area contributed by atoms with Crippen molar-refractivity contribution in [2.75, 3.05) is 20.1 Å². The number of hydrogen-bond donors (Lipinski definition) is 1. The van der Waals surface area contributed by atoms with E-state index in [0.717, 1.165) is 32.4 Å². The highest BCUT2D eigenvalue weighted by Crippen LogP contribution is 2.09. The second kappa shape index (κ2) is 5.35. The van der Waals surface area contributed by atoms with E-state index < -0.39 is 0 Å². The highest BCUT2D eigenvalue weighted by molar-refractivity contribution is 5.78. The van der Waals surface area contributed by atoms with E-state index in [1.54, 1.807) is 0 Å². The number of piperidine rings is 1. The quantitative estimate of drug-likeness (QED) is 0.748. The van der Waals surface area contributed by atoms with E-state index in [1.165, 1.54) is 0 Å². The summed E-state index contributed by atoms with van der Waals surface area (Å²) in [5.74, 6) is 0.386. The molecule has 1 N–H and O–H groups in total. The van der Waals surface area contributed by atoms with E-state index in [2.05, 4.69) is 24.2 Å². The average molecular weight is 200 g/mol. The maximum atomic E-state index is 11.6. The van der Waals surface area contributed by atoms with Crippen molar-refractivity contribution in [1.82, 2.24) is 10.2 Å². The van der Waals surface area contributed by atoms with E-state index >= 15 is 0 Å². The first-order valence-electron chi connectivity index (χ1n) is 5.62. The normalized spacial score (nSPS) is 21.9. The molecular weight excluding hydrogens is 176 g/mol. The second-order valence-corrected chi connectivity index (χ2v) is 4.40. The van der Waals surface area contributed by atoms with Gasteiger partial charge in [0.25, 0.3) is 0 Å². The number of carbonyl (C=O) groups excluding carboxylic acids is 1. The molecule has 0 aliphatic carbocycles. The van der Waals surface area contributed by atoms with Gasteiger partial charge >= 0.3 is 0 Å². The SMILES string of the molecule is CCC(C)C(=O)NC1CCN(C)CC1.[HH]. The average Bonchev–Trinajstić information content (AvgIpc) is 2.20. The minimum atomic E-state index is 0. The molecular formula is C11H24N2O. The lowest BCUT2D eigenvalue weighted by Crippen LogP contribution is -2.44. The summed E-state index contributed by atoms with van der Waals surface area (Å²) in [6, 6.07) is 0.410. The highest BCUT2D eigenvalue weighted by atomic mass is 16.1. The van der Waals surface area contributed by atoms with Crippen molar-refractivity contribution in [2.45, 2.75) is 39.2 Å². The molecule has 14 heavy (non-hydrogen) atoms. The maximum absolute atomic E-state index is 11.6. The largest absolute Gasteiger partial charge is 0.353 e. The molecule has 0 saturated carbocycles. The van der Waals surface area contributed by atoms with Gasteiger partial charge < -0.3 is 10.2 Å². The Morgan fingerprint density at radius 3 is 2.64 bits per heavy atom. The monoisotopic (exact) mass is 200 g/mol. The lowest BCUT2D eigenvalue weighted by Gasteiger charge is -2.30. The molecule has 1 aliphatic rings. The molecule has 0 bridgehead atoms. The molecule has 1 atom stereocenters. The van der Waals surface area contributed by atoms with Crippen molar-refractivity contribution in [2.24, 2.45) is 5.92 Å². The van der Waals surface area contributed by atoms with Gasteiger partial charge in [-0.3, -0.25) is 4.79 Å². The van der Waals surface area contributed by atoms with Gasteiger partial charge in [-0.15, -0.1) is 0 Å². The third kappa shape index (κ3) is 3.29. The molecule has 0 aromatic carbocycles. The zero-order valence-corrected chi connectivity index (χ0v) is 9.55. The van der Waals surface area contributed by atoms with Crippen LogP contribution in [0.1, 0.15) is 34.5 Å². The predicted molar refractivity (Wildman–Crippen MR) is 60.2 cm³/mol. The van der Waals surface area contributed by atoms with Crippen LogP contribution in [0.25, 0.3) is 0 Å². The molecule has 0 spiro atoms. The summed E-state index contributed by atoms with van der Waals surface area (Å²) in [6.07, 6.45) is 3.12. The number of rotatable bonds is 3. The van der Waals surface area contributed by atoms with Crippen molar-refractivity contribution in [3.63, 3.8) is 0 Å². The van der Waals surface area contributed by atoms with Crippen LogP contribution in [0.2, 0.25) is 0 Å². The molecule has 0 radical (unpaired) electrons. The van der Waals surface area contributed by atoms with Crippen LogP contribution in [0.15, 0.2) is 0 Å². The number of amides is 1. The Morgan fingerprint density at radius 1 is 1.57 bits per heavy atom. The van der Waals surface area contributed by atoms with Crippen molar-refractivity contribution in [1.29, 1.82) is 0 Å². The van der Waals surface area contributed by atoms with Gasteiger partial charge in [-0.05, 0) is 39.4 Å². The highest BCUT2D eigenvalue weighted by Gasteiger charge is 2.20. The van der Waals surface area contributed by atoms with Gasteiger partial charge in [0, 0.05) is 13.4 Å². The number of carbonyl (C=O) groups is 1. The van der Waals surface area contributed by atoms with E-state index in [4.69, 9.17) is 0 Å². The first-order chi connectivity index (χ1) is 6.63. The molecule has 0 aromatic rings. The number of nitrogens with zero attached hydrogens (tertiary/aromatic N) is 1. The van der Waals surface area contributed by atoms with Crippen molar-refractivity contribution >= 4 is 5.91 Å². The molecule has 1 saturated heterocycles. The first kappa shape index (κ1) is 11.5. The Bertz CT molecular complexity index is 191. The van der Waals surface area contributed by atoms with Crippen LogP contribution in [0.3, 0.4) is 0 Å². The van der Waals surface area contributed by atoms with Gasteiger partial charge in [0.1, 0.15) is 0 Å². The predicted octanol–water partition coefficient (Wildman–Crippen LogP) is 1.49. The van der Waals surface area contributed by atoms with Crippen LogP contribution in [-0.2, 0) is 4.79 Å². The molecule has 1 fully saturated rings. The second-order valence-electron chi connectivity index (χ2n) is 4.40. The fourth-order valence-electron chi connectivity index (χ4n) is 1.68. The topological polar surface area (TPSA) is 32.3 Å². The molecule has 1 unspecified atom stereocenters. The van der Waals surface area contributed by atoms with Gasteiger partial charge in [-0.1, -0.05) is 13.8 Å². The fraction of sp³-hybridized carbons (Fsp3) is 0.909. The molecule has 1 amide bonds. The van der Waals surface area contributed by atoms with E-state index in [1.807, 2.05) is 6.92 Å². The maximum Gasteiger partial charge on any atom is 0.223 e. The fourth-order valence-corrected chi connectivity index (χ4v) is 1.68. The zero-order chi connectivity index (χ0) is 10.6. The Balaban J connectivity index is 0.00000196. The summed E-state index contributed by atoms with van der Waals surface area (Å²) in [5.41, 5.74) is 0. The number of likely N-dealkylation sites (tertiary alicyclic amines) is 1. The summed E-state index contributed by atoms with van der Waals surface area (Å²) in [5, 5.41) is 3.12. The summed E-state index contributed by atoms with van der Waals surface area (Å²) in [4.78, 5) is 13.9. The van der Waals surface area contributed by atoms with E-state index in [9.17, 15) is 4.79 Å². The number of nitrogens with one attached hydrogen (secondary N) is 1. The molecule has 3 nitrogen and oxygen atoms in total. The molecule has 1 aliphatic heterocycles. The molecule has 1 rings (SSSR count). The molecule has 84 valence electrons. The summed E-state index contributed by atoms with van der Waals surface area (Å²) in [7, 11) is 2.13. The van der Waals surface area contributed by atoms with Crippen LogP contribution >= 0.6 is 0 Å². The Hall–Kier alpha value is -0.570. The van der Waals surface area contributed by atoms with E-state index in [0.29, 0.717) is 6.04 Å². The van der Waals surface area contributed by atoms with E-state index in [-0.39, 0.29) is 13.3 Å². The Morgan fingerprint density at radius 2 is 2.14 bits per heavy atom. The minimum absolute atomic E-state index is 0. The molecule has 1 heterocycles. The number of hydrogen-bond acceptors (Lipinski definition) is 2. The lowest BCUT2D eigenvalue weighted by molar-refractivity contribution is -0.125. The summed E-state index contributed by atoms with van der Waals surface area (Å²) < 4.78 is 0. The van der Waals surface area contributed by atoms with Crippen LogP contribution < -0.4 is 5.32 Å². The van der Waals surface area contributed by atoms with Crippen LogP contribution in [-0.4, -0.2) is 37.0 Å². The van der Waals surface area contributed by atoms with Crippen molar-refractivity contribution in [3.05, 3.63) is 0 Å². The lowest BCUT2D eigenvalue weighted by atomic mass is 10.0.